The van der Waals surface area contributed by atoms with Gasteiger partial charge in [0.05, 0.1) is 29.9 Å². The molecule has 0 spiro atoms. The Morgan fingerprint density at radius 2 is 1.44 bits per heavy atom. The van der Waals surface area contributed by atoms with Gasteiger partial charge in [0.2, 0.25) is 0 Å². The van der Waals surface area contributed by atoms with Gasteiger partial charge in [-0.05, 0) is 31.5 Å². The quantitative estimate of drug-likeness (QED) is 0.484. The molecule has 0 aliphatic rings. The Kier molecular flexibility index (Phi) is 7.86. The molecule has 0 aromatic heterocycles. The molecule has 2 aromatic rings. The smallest absolute Gasteiger partial charge is 0.305 e. The number of halogens is 2. The van der Waals surface area contributed by atoms with Gasteiger partial charge in [-0.1, -0.05) is 48.5 Å². The third kappa shape index (κ3) is 5.11. The number of alkyl halides is 2. The van der Waals surface area contributed by atoms with Crippen LogP contribution in [0.1, 0.15) is 25.3 Å². The average molecular weight is 416 g/mol. The molecule has 2 unspecified atom stereocenters. The Balaban J connectivity index is 2.46. The van der Waals surface area contributed by atoms with Crippen LogP contribution in [0.25, 0.3) is 0 Å². The third-order valence-corrected chi connectivity index (χ3v) is 7.58. The molecule has 2 aromatic carbocycles. The van der Waals surface area contributed by atoms with E-state index in [1.54, 1.807) is 48.5 Å². The summed E-state index contributed by atoms with van der Waals surface area (Å²) >= 11 is 0. The van der Waals surface area contributed by atoms with Crippen LogP contribution in [0.2, 0.25) is 0 Å². The molecule has 148 valence electrons. The fourth-order valence-electron chi connectivity index (χ4n) is 2.64. The molecule has 0 radical (unpaired) electrons. The second kappa shape index (κ2) is 9.69. The summed E-state index contributed by atoms with van der Waals surface area (Å²) in [5, 5.41) is 0. The molecule has 2 atom stereocenters. The summed E-state index contributed by atoms with van der Waals surface area (Å²) in [6, 6.07) is 16.3. The Hall–Kier alpha value is -1.40. The van der Waals surface area contributed by atoms with E-state index >= 15 is 8.78 Å². The van der Waals surface area contributed by atoms with E-state index in [4.69, 9.17) is 9.05 Å². The van der Waals surface area contributed by atoms with Gasteiger partial charge in [-0.25, -0.2) is 0 Å². The highest BCUT2D eigenvalue weighted by Crippen LogP contribution is 2.66. The van der Waals surface area contributed by atoms with Gasteiger partial charge in [-0.3, -0.25) is 8.77 Å². The fourth-order valence-corrected chi connectivity index (χ4v) is 5.84. The summed E-state index contributed by atoms with van der Waals surface area (Å²) in [4.78, 5) is 0.428. The monoisotopic (exact) mass is 416 g/mol. The van der Waals surface area contributed by atoms with Crippen LogP contribution in [0.4, 0.5) is 8.78 Å². The minimum absolute atomic E-state index is 0.184. The number of rotatable bonds is 10. The van der Waals surface area contributed by atoms with Crippen molar-refractivity contribution in [3.8, 4) is 0 Å². The summed E-state index contributed by atoms with van der Waals surface area (Å²) in [6.07, 6.45) is 0. The summed E-state index contributed by atoms with van der Waals surface area (Å²) in [7, 11) is -6.47. The lowest BCUT2D eigenvalue weighted by Crippen LogP contribution is -2.32. The minimum Gasteiger partial charge on any atom is -0.305 e. The molecule has 0 amide bonds. The molecule has 0 fully saturated rings. The SMILES string of the molecule is CCOP(=O)(OCC)C(F)(F)C(CS(=O)c1ccccc1)c1ccccc1. The van der Waals surface area contributed by atoms with Gasteiger partial charge in [0.1, 0.15) is 0 Å². The van der Waals surface area contributed by atoms with E-state index < -0.39 is 35.7 Å². The first-order chi connectivity index (χ1) is 12.9. The second-order valence-corrected chi connectivity index (χ2v) is 9.31. The predicted molar refractivity (Wildman–Crippen MR) is 103 cm³/mol. The molecule has 0 aliphatic heterocycles. The molecule has 0 heterocycles. The molecule has 4 nitrogen and oxygen atoms in total. The van der Waals surface area contributed by atoms with Crippen molar-refractivity contribution < 1.29 is 26.6 Å². The van der Waals surface area contributed by atoms with Crippen LogP contribution in [0.3, 0.4) is 0 Å². The zero-order valence-corrected chi connectivity index (χ0v) is 16.9. The molecule has 0 bridgehead atoms. The maximum absolute atomic E-state index is 15.4. The standard InChI is InChI=1S/C19H23F2O4PS/c1-3-24-26(22,25-4-2)19(20,21)18(16-11-7-5-8-12-16)15-27(23)17-13-9-6-10-14-17/h5-14,18H,3-4,15H2,1-2H3. The molecule has 0 saturated heterocycles. The average Bonchev–Trinajstić information content (AvgIpc) is 2.67. The molecule has 8 heteroatoms. The summed E-state index contributed by atoms with van der Waals surface area (Å²) in [5.74, 6) is -2.01. The van der Waals surface area contributed by atoms with Crippen molar-refractivity contribution in [1.82, 2.24) is 0 Å². The van der Waals surface area contributed by atoms with E-state index in [0.29, 0.717) is 4.90 Å². The molecule has 27 heavy (non-hydrogen) atoms. The van der Waals surface area contributed by atoms with E-state index in [9.17, 15) is 8.77 Å². The Morgan fingerprint density at radius 1 is 0.963 bits per heavy atom. The Labute approximate surface area is 160 Å². The van der Waals surface area contributed by atoms with Crippen LogP contribution < -0.4 is 0 Å². The molecule has 2 rings (SSSR count). The Morgan fingerprint density at radius 3 is 1.93 bits per heavy atom. The largest absolute Gasteiger partial charge is 0.400 e. The summed E-state index contributed by atoms with van der Waals surface area (Å²) in [6.45, 7) is 2.58. The highest BCUT2D eigenvalue weighted by Gasteiger charge is 2.59. The minimum atomic E-state index is -4.76. The molecule has 0 saturated carbocycles. The highest BCUT2D eigenvalue weighted by atomic mass is 32.2. The maximum Gasteiger partial charge on any atom is 0.400 e. The van der Waals surface area contributed by atoms with Crippen LogP contribution in [0.15, 0.2) is 65.6 Å². The van der Waals surface area contributed by atoms with Gasteiger partial charge >= 0.3 is 13.3 Å². The Bertz CT molecular complexity index is 777. The van der Waals surface area contributed by atoms with Crippen molar-refractivity contribution in [1.29, 1.82) is 0 Å². The van der Waals surface area contributed by atoms with Crippen molar-refractivity contribution in [2.24, 2.45) is 0 Å². The van der Waals surface area contributed by atoms with Crippen molar-refractivity contribution in [2.75, 3.05) is 19.0 Å². The van der Waals surface area contributed by atoms with E-state index in [2.05, 4.69) is 0 Å². The second-order valence-electron chi connectivity index (χ2n) is 5.71. The van der Waals surface area contributed by atoms with Crippen LogP contribution >= 0.6 is 7.60 Å². The van der Waals surface area contributed by atoms with Crippen LogP contribution in [0, 0.1) is 0 Å². The van der Waals surface area contributed by atoms with Crippen molar-refractivity contribution >= 4 is 18.4 Å². The van der Waals surface area contributed by atoms with Crippen molar-refractivity contribution in [3.05, 3.63) is 66.2 Å². The number of hydrogen-bond acceptors (Lipinski definition) is 4. The van der Waals surface area contributed by atoms with Crippen molar-refractivity contribution in [2.45, 2.75) is 30.3 Å². The molecular formula is C19H23F2O4PS. The molecule has 0 aliphatic carbocycles. The maximum atomic E-state index is 15.4. The van der Waals surface area contributed by atoms with Gasteiger partial charge in [0, 0.05) is 10.6 Å². The lowest BCUT2D eigenvalue weighted by Gasteiger charge is -2.32. The third-order valence-electron chi connectivity index (χ3n) is 3.91. The first-order valence-corrected chi connectivity index (χ1v) is 11.5. The normalized spacial score (nSPS) is 14.7. The lowest BCUT2D eigenvalue weighted by molar-refractivity contribution is 0.0205. The zero-order chi connectivity index (χ0) is 19.9. The van der Waals surface area contributed by atoms with E-state index in [1.807, 2.05) is 0 Å². The van der Waals surface area contributed by atoms with E-state index in [0.717, 1.165) is 0 Å². The fraction of sp³-hybridized carbons (Fsp3) is 0.368. The highest BCUT2D eigenvalue weighted by molar-refractivity contribution is 7.85. The molecular weight excluding hydrogens is 393 g/mol. The first kappa shape index (κ1) is 21.9. The summed E-state index contributed by atoms with van der Waals surface area (Å²) < 4.78 is 66.3. The van der Waals surface area contributed by atoms with E-state index in [-0.39, 0.29) is 18.8 Å². The van der Waals surface area contributed by atoms with E-state index in [1.165, 1.54) is 26.0 Å². The topological polar surface area (TPSA) is 52.6 Å². The van der Waals surface area contributed by atoms with Gasteiger partial charge in [-0.15, -0.1) is 0 Å². The lowest BCUT2D eigenvalue weighted by atomic mass is 10.0. The van der Waals surface area contributed by atoms with Crippen LogP contribution in [-0.2, 0) is 24.4 Å². The summed E-state index contributed by atoms with van der Waals surface area (Å²) in [5.41, 5.74) is -3.61. The zero-order valence-electron chi connectivity index (χ0n) is 15.2. The van der Waals surface area contributed by atoms with Gasteiger partial charge in [-0.2, -0.15) is 8.78 Å². The first-order valence-electron chi connectivity index (χ1n) is 8.61. The van der Waals surface area contributed by atoms with Crippen LogP contribution in [0.5, 0.6) is 0 Å². The molecule has 0 N–H and O–H groups in total. The predicted octanol–water partition coefficient (Wildman–Crippen LogP) is 5.44. The number of hydrogen-bond donors (Lipinski definition) is 0. The van der Waals surface area contributed by atoms with Gasteiger partial charge < -0.3 is 9.05 Å². The number of benzene rings is 2. The van der Waals surface area contributed by atoms with Gasteiger partial charge in [0.15, 0.2) is 0 Å². The van der Waals surface area contributed by atoms with Gasteiger partial charge in [0.25, 0.3) is 0 Å². The van der Waals surface area contributed by atoms with Crippen molar-refractivity contribution in [3.63, 3.8) is 0 Å². The van der Waals surface area contributed by atoms with Crippen LogP contribution in [-0.4, -0.2) is 28.8 Å².